The second kappa shape index (κ2) is 8.02. The molecule has 1 N–H and O–H groups in total. The van der Waals surface area contributed by atoms with Crippen molar-refractivity contribution in [2.24, 2.45) is 0 Å². The number of rotatable bonds is 7. The Morgan fingerprint density at radius 1 is 1.11 bits per heavy atom. The van der Waals surface area contributed by atoms with Gasteiger partial charge in [0.05, 0.1) is 12.2 Å². The van der Waals surface area contributed by atoms with Gasteiger partial charge in [0.2, 0.25) is 5.78 Å². The first-order chi connectivity index (χ1) is 13.3. The van der Waals surface area contributed by atoms with Gasteiger partial charge >= 0.3 is 5.97 Å². The third kappa shape index (κ3) is 3.73. The summed E-state index contributed by atoms with van der Waals surface area (Å²) in [7, 11) is 1.65. The molecule has 0 saturated carbocycles. The molecule has 0 saturated heterocycles. The molecular weight excluding hydrogens is 356 g/mol. The van der Waals surface area contributed by atoms with Crippen molar-refractivity contribution >= 4 is 22.7 Å². The Morgan fingerprint density at radius 3 is 2.57 bits per heavy atom. The first-order valence-electron chi connectivity index (χ1n) is 9.28. The van der Waals surface area contributed by atoms with Crippen LogP contribution in [0.5, 0.6) is 0 Å². The van der Waals surface area contributed by atoms with Crippen LogP contribution in [-0.2, 0) is 16.0 Å². The maximum absolute atomic E-state index is 12.6. The molecule has 3 aromatic rings. The quantitative estimate of drug-likeness (QED) is 0.497. The van der Waals surface area contributed by atoms with Gasteiger partial charge in [-0.15, -0.1) is 0 Å². The molecule has 3 rings (SSSR count). The summed E-state index contributed by atoms with van der Waals surface area (Å²) in [6, 6.07) is 7.20. The van der Waals surface area contributed by atoms with E-state index in [9.17, 15) is 9.59 Å². The van der Waals surface area contributed by atoms with Crippen LogP contribution in [0.1, 0.15) is 43.4 Å². The highest BCUT2D eigenvalue weighted by atomic mass is 16.5. The van der Waals surface area contributed by atoms with Crippen LogP contribution in [0.4, 0.5) is 0 Å². The van der Waals surface area contributed by atoms with Gasteiger partial charge in [-0.25, -0.2) is 4.79 Å². The average Bonchev–Trinajstić information content (AvgIpc) is 3.13. The van der Waals surface area contributed by atoms with Crippen molar-refractivity contribution in [3.8, 4) is 0 Å². The van der Waals surface area contributed by atoms with E-state index >= 15 is 0 Å². The first-order valence-corrected chi connectivity index (χ1v) is 9.28. The van der Waals surface area contributed by atoms with Gasteiger partial charge in [0.25, 0.3) is 0 Å². The largest absolute Gasteiger partial charge is 0.454 e. The lowest BCUT2D eigenvalue weighted by molar-refractivity contribution is 0.0474. The molecule has 0 radical (unpaired) electrons. The summed E-state index contributed by atoms with van der Waals surface area (Å²) < 4.78 is 12.4. The molecule has 0 atom stereocenters. The van der Waals surface area contributed by atoms with Crippen LogP contribution >= 0.6 is 0 Å². The molecule has 28 heavy (non-hydrogen) atoms. The van der Waals surface area contributed by atoms with Crippen molar-refractivity contribution in [1.29, 1.82) is 0 Å². The highest BCUT2D eigenvalue weighted by molar-refractivity contribution is 6.01. The minimum Gasteiger partial charge on any atom is -0.454 e. The van der Waals surface area contributed by atoms with E-state index in [2.05, 4.69) is 4.98 Å². The molecule has 0 aliphatic heterocycles. The van der Waals surface area contributed by atoms with Crippen molar-refractivity contribution in [2.45, 2.75) is 34.2 Å². The summed E-state index contributed by atoms with van der Waals surface area (Å²) in [4.78, 5) is 28.3. The van der Waals surface area contributed by atoms with Crippen LogP contribution in [0, 0.1) is 27.7 Å². The monoisotopic (exact) mass is 382 g/mol. The van der Waals surface area contributed by atoms with Gasteiger partial charge in [0, 0.05) is 47.2 Å². The Bertz CT molecular complexity index is 1040. The van der Waals surface area contributed by atoms with E-state index in [1.807, 2.05) is 44.4 Å². The zero-order valence-electron chi connectivity index (χ0n) is 17.0. The topological polar surface area (TPSA) is 73.3 Å². The van der Waals surface area contributed by atoms with Gasteiger partial charge in [-0.2, -0.15) is 0 Å². The summed E-state index contributed by atoms with van der Waals surface area (Å²) in [6.45, 7) is 8.80. The van der Waals surface area contributed by atoms with E-state index in [0.717, 1.165) is 33.5 Å². The van der Waals surface area contributed by atoms with Crippen LogP contribution in [0.3, 0.4) is 0 Å². The van der Waals surface area contributed by atoms with E-state index in [0.29, 0.717) is 24.3 Å². The minimum atomic E-state index is -0.498. The Hall–Kier alpha value is -2.86. The van der Waals surface area contributed by atoms with E-state index in [1.165, 1.54) is 0 Å². The number of aromatic nitrogens is 2. The highest BCUT2D eigenvalue weighted by Crippen LogP contribution is 2.23. The average molecular weight is 382 g/mol. The molecule has 1 aromatic carbocycles. The molecular formula is C22H26N2O4. The number of carbonyl (C=O) groups is 2. The number of ether oxygens (including phenoxy) is 2. The van der Waals surface area contributed by atoms with E-state index in [4.69, 9.17) is 9.47 Å². The number of esters is 1. The van der Waals surface area contributed by atoms with E-state index in [1.54, 1.807) is 19.2 Å². The second-order valence-electron chi connectivity index (χ2n) is 7.06. The predicted octanol–water partition coefficient (Wildman–Crippen LogP) is 3.89. The van der Waals surface area contributed by atoms with Crippen LogP contribution in [0.25, 0.3) is 10.9 Å². The zero-order valence-corrected chi connectivity index (χ0v) is 17.0. The minimum absolute atomic E-state index is 0.208. The standard InChI is InChI=1S/C22H26N2O4/c1-13-10-19(16(4)24(13)8-9-27-5)21(25)12-28-22(26)17-6-7-20-18(11-17)14(2)15(3)23-20/h6-7,10-11,23H,8-9,12H2,1-5H3. The van der Waals surface area contributed by atoms with Gasteiger partial charge in [0.1, 0.15) is 0 Å². The van der Waals surface area contributed by atoms with Crippen LogP contribution in [-0.4, -0.2) is 41.6 Å². The van der Waals surface area contributed by atoms with Crippen LogP contribution in [0.15, 0.2) is 24.3 Å². The second-order valence-corrected chi connectivity index (χ2v) is 7.06. The Balaban J connectivity index is 1.71. The normalized spacial score (nSPS) is 11.2. The fraction of sp³-hybridized carbons (Fsp3) is 0.364. The smallest absolute Gasteiger partial charge is 0.338 e. The number of aryl methyl sites for hydroxylation is 3. The Morgan fingerprint density at radius 2 is 1.86 bits per heavy atom. The van der Waals surface area contributed by atoms with Crippen molar-refractivity contribution < 1.29 is 19.1 Å². The number of H-pyrrole nitrogens is 1. The predicted molar refractivity (Wildman–Crippen MR) is 108 cm³/mol. The summed E-state index contributed by atoms with van der Waals surface area (Å²) in [5.41, 5.74) is 6.00. The van der Waals surface area contributed by atoms with Crippen molar-refractivity contribution in [2.75, 3.05) is 20.3 Å². The zero-order chi connectivity index (χ0) is 20.4. The van der Waals surface area contributed by atoms with Gasteiger partial charge < -0.3 is 19.0 Å². The van der Waals surface area contributed by atoms with Crippen molar-refractivity contribution in [1.82, 2.24) is 9.55 Å². The molecule has 2 heterocycles. The number of Topliss-reactive ketones (excluding diaryl/α,β-unsaturated/α-hetero) is 1. The third-order valence-electron chi connectivity index (χ3n) is 5.27. The molecule has 0 unspecified atom stereocenters. The molecule has 0 bridgehead atoms. The molecule has 6 heteroatoms. The number of methoxy groups -OCH3 is 1. The molecule has 0 amide bonds. The molecule has 148 valence electrons. The molecule has 6 nitrogen and oxygen atoms in total. The summed E-state index contributed by atoms with van der Waals surface area (Å²) in [6.07, 6.45) is 0. The number of hydrogen-bond donors (Lipinski definition) is 1. The lowest BCUT2D eigenvalue weighted by Crippen LogP contribution is -2.15. The maximum Gasteiger partial charge on any atom is 0.338 e. The number of nitrogens with one attached hydrogen (secondary N) is 1. The van der Waals surface area contributed by atoms with Crippen molar-refractivity contribution in [3.63, 3.8) is 0 Å². The molecule has 0 spiro atoms. The maximum atomic E-state index is 12.6. The lowest BCUT2D eigenvalue weighted by Gasteiger charge is -2.09. The SMILES string of the molecule is COCCn1c(C)cc(C(=O)COC(=O)c2ccc3[nH]c(C)c(C)c3c2)c1C. The number of ketones is 1. The highest BCUT2D eigenvalue weighted by Gasteiger charge is 2.18. The van der Waals surface area contributed by atoms with Crippen LogP contribution < -0.4 is 0 Å². The Labute approximate surface area is 164 Å². The number of hydrogen-bond acceptors (Lipinski definition) is 4. The van der Waals surface area contributed by atoms with Crippen molar-refractivity contribution in [3.05, 3.63) is 58.0 Å². The molecule has 0 aliphatic carbocycles. The molecule has 2 aromatic heterocycles. The summed E-state index contributed by atoms with van der Waals surface area (Å²) in [5, 5.41) is 0.986. The number of fused-ring (bicyclic) bond motifs is 1. The molecule has 0 fully saturated rings. The van der Waals surface area contributed by atoms with Gasteiger partial charge in [-0.1, -0.05) is 0 Å². The fourth-order valence-corrected chi connectivity index (χ4v) is 3.49. The number of nitrogens with zero attached hydrogens (tertiary/aromatic N) is 1. The molecule has 0 aliphatic rings. The van der Waals surface area contributed by atoms with E-state index < -0.39 is 5.97 Å². The third-order valence-corrected chi connectivity index (χ3v) is 5.27. The van der Waals surface area contributed by atoms with Gasteiger partial charge in [-0.05, 0) is 57.5 Å². The summed E-state index contributed by atoms with van der Waals surface area (Å²) in [5.74, 6) is -0.707. The van der Waals surface area contributed by atoms with Gasteiger partial charge in [0.15, 0.2) is 6.61 Å². The number of aromatic amines is 1. The Kier molecular flexibility index (Phi) is 5.70. The van der Waals surface area contributed by atoms with E-state index in [-0.39, 0.29) is 12.4 Å². The lowest BCUT2D eigenvalue weighted by atomic mass is 10.1. The van der Waals surface area contributed by atoms with Gasteiger partial charge in [-0.3, -0.25) is 4.79 Å². The summed E-state index contributed by atoms with van der Waals surface area (Å²) >= 11 is 0. The fourth-order valence-electron chi connectivity index (χ4n) is 3.49. The van der Waals surface area contributed by atoms with Crippen LogP contribution in [0.2, 0.25) is 0 Å². The number of benzene rings is 1. The number of carbonyl (C=O) groups excluding carboxylic acids is 2. The first kappa shape index (κ1) is 19.9.